The van der Waals surface area contributed by atoms with Crippen LogP contribution in [-0.2, 0) is 4.74 Å². The van der Waals surface area contributed by atoms with Crippen LogP contribution in [-0.4, -0.2) is 59.7 Å². The molecule has 0 aromatic carbocycles. The highest BCUT2D eigenvalue weighted by Gasteiger charge is 2.40. The summed E-state index contributed by atoms with van der Waals surface area (Å²) in [6.45, 7) is 8.34. The molecule has 2 unspecified atom stereocenters. The highest BCUT2D eigenvalue weighted by atomic mass is 16.6. The topological polar surface area (TPSA) is 61.9 Å². The van der Waals surface area contributed by atoms with Crippen molar-refractivity contribution in [3.63, 3.8) is 0 Å². The van der Waals surface area contributed by atoms with Crippen LogP contribution in [0.5, 0.6) is 0 Å². The van der Waals surface area contributed by atoms with Crippen molar-refractivity contribution in [2.45, 2.75) is 64.5 Å². The van der Waals surface area contributed by atoms with Crippen LogP contribution in [0.4, 0.5) is 9.59 Å². The number of hydrogen-bond donors (Lipinski definition) is 1. The average Bonchev–Trinajstić information content (AvgIpc) is 2.56. The number of terminal acetylenes is 1. The molecule has 6 nitrogen and oxygen atoms in total. The van der Waals surface area contributed by atoms with E-state index in [0.717, 1.165) is 32.2 Å². The van der Waals surface area contributed by atoms with Gasteiger partial charge in [0.05, 0.1) is 0 Å². The van der Waals surface area contributed by atoms with E-state index in [2.05, 4.69) is 11.2 Å². The van der Waals surface area contributed by atoms with Crippen molar-refractivity contribution in [2.75, 3.05) is 26.2 Å². The third-order valence-corrected chi connectivity index (χ3v) is 4.75. The lowest BCUT2D eigenvalue weighted by Gasteiger charge is -2.47. The van der Waals surface area contributed by atoms with Gasteiger partial charge in [-0.15, -0.1) is 12.3 Å². The fourth-order valence-corrected chi connectivity index (χ4v) is 3.64. The Labute approximate surface area is 151 Å². The molecule has 6 heteroatoms. The second-order valence-corrected chi connectivity index (χ2v) is 7.92. The molecule has 140 valence electrons. The maximum atomic E-state index is 12.5. The zero-order valence-corrected chi connectivity index (χ0v) is 15.7. The number of hydrogen-bond acceptors (Lipinski definition) is 3. The number of rotatable bonds is 3. The van der Waals surface area contributed by atoms with Crippen LogP contribution >= 0.6 is 0 Å². The van der Waals surface area contributed by atoms with Crippen LogP contribution in [0.1, 0.15) is 52.9 Å². The number of fused-ring (bicyclic) bond motifs is 1. The van der Waals surface area contributed by atoms with Crippen molar-refractivity contribution >= 4 is 12.1 Å². The summed E-state index contributed by atoms with van der Waals surface area (Å²) in [7, 11) is 0. The Hall–Kier alpha value is -1.90. The molecule has 2 aliphatic rings. The van der Waals surface area contributed by atoms with Crippen LogP contribution in [0.3, 0.4) is 0 Å². The molecular formula is C19H31N3O3. The smallest absolute Gasteiger partial charge is 0.410 e. The van der Waals surface area contributed by atoms with Gasteiger partial charge in [0, 0.05) is 38.6 Å². The lowest BCUT2D eigenvalue weighted by Crippen LogP contribution is -2.58. The van der Waals surface area contributed by atoms with Crippen molar-refractivity contribution < 1.29 is 14.3 Å². The molecule has 2 fully saturated rings. The van der Waals surface area contributed by atoms with Gasteiger partial charge in [0.25, 0.3) is 0 Å². The lowest BCUT2D eigenvalue weighted by molar-refractivity contribution is -0.00139. The number of nitrogens with one attached hydrogen (secondary N) is 1. The minimum absolute atomic E-state index is 0.00237. The minimum atomic E-state index is -0.481. The number of unbranched alkanes of at least 4 members (excludes halogenated alkanes) is 1. The van der Waals surface area contributed by atoms with E-state index in [0.29, 0.717) is 32.0 Å². The van der Waals surface area contributed by atoms with Gasteiger partial charge in [-0.05, 0) is 52.4 Å². The molecule has 2 atom stereocenters. The lowest BCUT2D eigenvalue weighted by atomic mass is 9.84. The number of piperidine rings is 2. The average molecular weight is 349 g/mol. The molecule has 0 radical (unpaired) electrons. The Morgan fingerprint density at radius 2 is 2.04 bits per heavy atom. The van der Waals surface area contributed by atoms with Crippen LogP contribution in [0, 0.1) is 18.3 Å². The van der Waals surface area contributed by atoms with Crippen molar-refractivity contribution in [3.05, 3.63) is 0 Å². The first kappa shape index (κ1) is 19.4. The summed E-state index contributed by atoms with van der Waals surface area (Å²) in [6.07, 6.45) is 9.29. The Morgan fingerprint density at radius 1 is 1.28 bits per heavy atom. The zero-order chi connectivity index (χ0) is 18.4. The molecule has 25 heavy (non-hydrogen) atoms. The van der Waals surface area contributed by atoms with E-state index >= 15 is 0 Å². The second-order valence-electron chi connectivity index (χ2n) is 7.92. The van der Waals surface area contributed by atoms with Gasteiger partial charge in [0.1, 0.15) is 5.60 Å². The first-order valence-electron chi connectivity index (χ1n) is 9.27. The maximum Gasteiger partial charge on any atom is 0.410 e. The van der Waals surface area contributed by atoms with Gasteiger partial charge in [-0.25, -0.2) is 9.59 Å². The Kier molecular flexibility index (Phi) is 6.57. The van der Waals surface area contributed by atoms with E-state index in [4.69, 9.17) is 11.2 Å². The van der Waals surface area contributed by atoms with Crippen LogP contribution in [0.25, 0.3) is 0 Å². The number of likely N-dealkylation sites (tertiary alicyclic amines) is 2. The molecule has 2 aliphatic heterocycles. The second kappa shape index (κ2) is 8.46. The van der Waals surface area contributed by atoms with E-state index in [1.165, 1.54) is 0 Å². The number of amides is 3. The summed E-state index contributed by atoms with van der Waals surface area (Å²) in [5.74, 6) is 2.91. The third-order valence-electron chi connectivity index (χ3n) is 4.75. The normalized spacial score (nSPS) is 23.4. The SMILES string of the molecule is C#CCCCNC(=O)N1CCCC2CN(C(=O)OC(C)(C)C)CCC21. The first-order chi connectivity index (χ1) is 11.8. The zero-order valence-electron chi connectivity index (χ0n) is 15.7. The molecule has 2 saturated heterocycles. The van der Waals surface area contributed by atoms with Gasteiger partial charge < -0.3 is 19.9 Å². The predicted molar refractivity (Wildman–Crippen MR) is 97.1 cm³/mol. The Morgan fingerprint density at radius 3 is 2.72 bits per heavy atom. The van der Waals surface area contributed by atoms with E-state index < -0.39 is 5.60 Å². The first-order valence-corrected chi connectivity index (χ1v) is 9.27. The summed E-state index contributed by atoms with van der Waals surface area (Å²) in [5.41, 5.74) is -0.481. The number of nitrogens with zero attached hydrogens (tertiary/aromatic N) is 2. The van der Waals surface area contributed by atoms with Gasteiger partial charge in [-0.1, -0.05) is 0 Å². The van der Waals surface area contributed by atoms with Gasteiger partial charge in [0.15, 0.2) is 0 Å². The minimum Gasteiger partial charge on any atom is -0.444 e. The van der Waals surface area contributed by atoms with E-state index in [9.17, 15) is 9.59 Å². The summed E-state index contributed by atoms with van der Waals surface area (Å²) in [6, 6.07) is 0.206. The largest absolute Gasteiger partial charge is 0.444 e. The van der Waals surface area contributed by atoms with Crippen molar-refractivity contribution in [2.24, 2.45) is 5.92 Å². The van der Waals surface area contributed by atoms with Crippen molar-refractivity contribution in [3.8, 4) is 12.3 Å². The van der Waals surface area contributed by atoms with E-state index in [1.807, 2.05) is 25.7 Å². The maximum absolute atomic E-state index is 12.5. The standard InChI is InChI=1S/C19H31N3O3/c1-5-6-7-11-20-17(23)22-12-8-9-15-14-21(13-10-16(15)22)18(24)25-19(2,3)4/h1,15-16H,6-14H2,2-4H3,(H,20,23). The van der Waals surface area contributed by atoms with E-state index in [-0.39, 0.29) is 18.2 Å². The van der Waals surface area contributed by atoms with Gasteiger partial charge in [0.2, 0.25) is 0 Å². The molecular weight excluding hydrogens is 318 g/mol. The van der Waals surface area contributed by atoms with Crippen molar-refractivity contribution in [1.82, 2.24) is 15.1 Å². The molecule has 3 amide bonds. The summed E-state index contributed by atoms with van der Waals surface area (Å²) < 4.78 is 5.49. The molecule has 0 bridgehead atoms. The fourth-order valence-electron chi connectivity index (χ4n) is 3.64. The summed E-state index contributed by atoms with van der Waals surface area (Å²) in [5, 5.41) is 2.97. The summed E-state index contributed by atoms with van der Waals surface area (Å²) in [4.78, 5) is 28.5. The molecule has 1 N–H and O–H groups in total. The van der Waals surface area contributed by atoms with Crippen molar-refractivity contribution in [1.29, 1.82) is 0 Å². The third kappa shape index (κ3) is 5.55. The monoisotopic (exact) mass is 349 g/mol. The molecule has 0 saturated carbocycles. The van der Waals surface area contributed by atoms with Crippen LogP contribution < -0.4 is 5.32 Å². The molecule has 0 aromatic rings. The summed E-state index contributed by atoms with van der Waals surface area (Å²) >= 11 is 0. The van der Waals surface area contributed by atoms with Crippen LogP contribution in [0.15, 0.2) is 0 Å². The number of ether oxygens (including phenoxy) is 1. The Balaban J connectivity index is 1.89. The molecule has 0 spiro atoms. The molecule has 2 rings (SSSR count). The number of carbonyl (C=O) groups excluding carboxylic acids is 2. The predicted octanol–water partition coefficient (Wildman–Crippen LogP) is 2.83. The molecule has 0 aromatic heterocycles. The number of urea groups is 1. The van der Waals surface area contributed by atoms with Gasteiger partial charge in [-0.3, -0.25) is 0 Å². The van der Waals surface area contributed by atoms with Gasteiger partial charge >= 0.3 is 12.1 Å². The molecule has 0 aliphatic carbocycles. The highest BCUT2D eigenvalue weighted by Crippen LogP contribution is 2.31. The van der Waals surface area contributed by atoms with E-state index in [1.54, 1.807) is 4.90 Å². The quantitative estimate of drug-likeness (QED) is 0.629. The Bertz CT molecular complexity index is 521. The molecule has 2 heterocycles. The fraction of sp³-hybridized carbons (Fsp3) is 0.789. The highest BCUT2D eigenvalue weighted by molar-refractivity contribution is 5.75. The van der Waals surface area contributed by atoms with Crippen LogP contribution in [0.2, 0.25) is 0 Å². The van der Waals surface area contributed by atoms with Gasteiger partial charge in [-0.2, -0.15) is 0 Å². The number of carbonyl (C=O) groups is 2.